The summed E-state index contributed by atoms with van der Waals surface area (Å²) < 4.78 is 0. The van der Waals surface area contributed by atoms with Crippen molar-refractivity contribution in [2.45, 2.75) is 82.6 Å². The number of aliphatic hydroxyl groups excluding tert-OH is 2. The van der Waals surface area contributed by atoms with Gasteiger partial charge in [0.25, 0.3) is 11.8 Å². The average molecular weight is 726 g/mol. The first-order valence-corrected chi connectivity index (χ1v) is 17.0. The average Bonchev–Trinajstić information content (AvgIpc) is 3.25. The molecule has 17 heteroatoms. The fraction of sp³-hybridized carbons (Fsp3) is 0.486. The maximum atomic E-state index is 13.8. The molecule has 10 N–H and O–H groups in total. The summed E-state index contributed by atoms with van der Waals surface area (Å²) in [6, 6.07) is 5.35. The molecule has 0 unspecified atom stereocenters. The summed E-state index contributed by atoms with van der Waals surface area (Å²) in [4.78, 5) is 105. The molecule has 5 atom stereocenters. The van der Waals surface area contributed by atoms with Crippen molar-refractivity contribution in [3.8, 4) is 0 Å². The molecule has 0 spiro atoms. The Hall–Kier alpha value is -5.26. The predicted molar refractivity (Wildman–Crippen MR) is 186 cm³/mol. The Morgan fingerprint density at radius 1 is 0.885 bits per heavy atom. The highest BCUT2D eigenvalue weighted by molar-refractivity contribution is 6.14. The summed E-state index contributed by atoms with van der Waals surface area (Å²) in [5, 5.41) is 30.4. The number of benzene rings is 2. The van der Waals surface area contributed by atoms with Gasteiger partial charge in [-0.3, -0.25) is 43.3 Å². The van der Waals surface area contributed by atoms with E-state index in [2.05, 4.69) is 21.3 Å². The number of ketones is 1. The molecule has 2 aromatic carbocycles. The minimum Gasteiger partial charge on any atom is -0.396 e. The van der Waals surface area contributed by atoms with Crippen LogP contribution in [-0.2, 0) is 44.8 Å². The number of nitrogens with two attached hydrogens (primary N) is 2. The molecular formula is C35H47N7O10. The van der Waals surface area contributed by atoms with E-state index in [1.165, 1.54) is 13.8 Å². The Morgan fingerprint density at radius 3 is 2.17 bits per heavy atom. The number of hydrogen-bond donors (Lipinski definition) is 8. The number of fused-ring (bicyclic) bond motifs is 1. The van der Waals surface area contributed by atoms with Crippen molar-refractivity contribution >= 4 is 57.9 Å². The zero-order chi connectivity index (χ0) is 38.5. The number of imide groups is 1. The van der Waals surface area contributed by atoms with Crippen LogP contribution in [0.1, 0.15) is 51.5 Å². The Balaban J connectivity index is 1.73. The normalized spacial score (nSPS) is 17.0. The van der Waals surface area contributed by atoms with Gasteiger partial charge in [-0.1, -0.05) is 56.3 Å². The van der Waals surface area contributed by atoms with Gasteiger partial charge in [-0.05, 0) is 41.5 Å². The van der Waals surface area contributed by atoms with Crippen LogP contribution in [0, 0.1) is 5.92 Å². The summed E-state index contributed by atoms with van der Waals surface area (Å²) in [5.74, 6) is -8.12. The Morgan fingerprint density at radius 2 is 1.54 bits per heavy atom. The number of primary amides is 1. The Bertz CT molecular complexity index is 1670. The number of carbonyl (C=O) groups is 8. The van der Waals surface area contributed by atoms with Crippen molar-refractivity contribution in [3.05, 3.63) is 48.0 Å². The number of likely N-dealkylation sites (tertiary alicyclic amines) is 1. The van der Waals surface area contributed by atoms with Gasteiger partial charge in [0.1, 0.15) is 18.1 Å². The number of nitrogens with zero attached hydrogens (tertiary/aromatic N) is 1. The van der Waals surface area contributed by atoms with Crippen molar-refractivity contribution in [1.29, 1.82) is 0 Å². The molecule has 0 aromatic heterocycles. The van der Waals surface area contributed by atoms with Gasteiger partial charge >= 0.3 is 0 Å². The summed E-state index contributed by atoms with van der Waals surface area (Å²) >= 11 is 0. The lowest BCUT2D eigenvalue weighted by Crippen LogP contribution is -2.63. The highest BCUT2D eigenvalue weighted by atomic mass is 16.3. The molecule has 0 aliphatic carbocycles. The fourth-order valence-electron chi connectivity index (χ4n) is 5.65. The fourth-order valence-corrected chi connectivity index (χ4v) is 5.65. The van der Waals surface area contributed by atoms with Crippen molar-refractivity contribution in [2.75, 3.05) is 19.8 Å². The van der Waals surface area contributed by atoms with E-state index in [9.17, 15) is 43.5 Å². The van der Waals surface area contributed by atoms with Crippen molar-refractivity contribution in [2.24, 2.45) is 17.4 Å². The highest BCUT2D eigenvalue weighted by Gasteiger charge is 2.44. The first kappa shape index (κ1) is 41.2. The summed E-state index contributed by atoms with van der Waals surface area (Å²) in [7, 11) is 0. The van der Waals surface area contributed by atoms with Crippen LogP contribution in [0.25, 0.3) is 10.8 Å². The van der Waals surface area contributed by atoms with E-state index >= 15 is 0 Å². The molecule has 17 nitrogen and oxygen atoms in total. The van der Waals surface area contributed by atoms with Gasteiger partial charge in [-0.25, -0.2) is 0 Å². The molecule has 1 aliphatic rings. The number of carbonyl (C=O) groups excluding carboxylic acids is 8. The zero-order valence-electron chi connectivity index (χ0n) is 29.1. The number of rotatable bonds is 17. The lowest BCUT2D eigenvalue weighted by molar-refractivity contribution is -0.157. The monoisotopic (exact) mass is 725 g/mol. The summed E-state index contributed by atoms with van der Waals surface area (Å²) in [6.45, 7) is 1.78. The number of aliphatic hydroxyl groups is 2. The largest absolute Gasteiger partial charge is 0.396 e. The van der Waals surface area contributed by atoms with Gasteiger partial charge in [0.2, 0.25) is 29.5 Å². The molecule has 1 heterocycles. The van der Waals surface area contributed by atoms with Crippen LogP contribution in [0.3, 0.4) is 0 Å². The van der Waals surface area contributed by atoms with E-state index in [1.54, 1.807) is 6.07 Å². The molecule has 1 aliphatic heterocycles. The number of hydrogen-bond acceptors (Lipinski definition) is 11. The van der Waals surface area contributed by atoms with Gasteiger partial charge in [-0.15, -0.1) is 0 Å². The molecule has 1 fully saturated rings. The van der Waals surface area contributed by atoms with Crippen LogP contribution in [-0.4, -0.2) is 112 Å². The van der Waals surface area contributed by atoms with E-state index in [4.69, 9.17) is 16.6 Å². The van der Waals surface area contributed by atoms with Gasteiger partial charge in [0.05, 0.1) is 19.1 Å². The van der Waals surface area contributed by atoms with E-state index in [0.717, 1.165) is 16.3 Å². The minimum absolute atomic E-state index is 0.0227. The summed E-state index contributed by atoms with van der Waals surface area (Å²) in [6.07, 6.45) is -0.705. The molecular weight excluding hydrogens is 678 g/mol. The lowest BCUT2D eigenvalue weighted by Gasteiger charge is -2.32. The molecule has 1 saturated heterocycles. The second kappa shape index (κ2) is 19.4. The second-order valence-electron chi connectivity index (χ2n) is 12.9. The van der Waals surface area contributed by atoms with Crippen LogP contribution in [0.2, 0.25) is 0 Å². The zero-order valence-corrected chi connectivity index (χ0v) is 29.1. The van der Waals surface area contributed by atoms with Gasteiger partial charge in [0, 0.05) is 26.0 Å². The van der Waals surface area contributed by atoms with Crippen molar-refractivity contribution < 1.29 is 48.6 Å². The SMILES string of the molecule is CC(C)[C@H](NC(=O)[C@H](CO)NC(=O)[C@H](CC(N)=O)NC(=O)[C@@H](N)Cc1ccc2ccccc2c1)C(=O)N1C(=O)CCCC(=O)[C@H]1C(=O)NCCCO. The Kier molecular flexibility index (Phi) is 15.3. The topological polar surface area (TPSA) is 280 Å². The third-order valence-corrected chi connectivity index (χ3v) is 8.46. The van der Waals surface area contributed by atoms with Crippen LogP contribution in [0.15, 0.2) is 42.5 Å². The summed E-state index contributed by atoms with van der Waals surface area (Å²) in [5.41, 5.74) is 12.2. The van der Waals surface area contributed by atoms with E-state index in [1.807, 2.05) is 36.4 Å². The smallest absolute Gasteiger partial charge is 0.253 e. The third-order valence-electron chi connectivity index (χ3n) is 8.46. The maximum absolute atomic E-state index is 13.8. The lowest BCUT2D eigenvalue weighted by atomic mass is 9.99. The second-order valence-corrected chi connectivity index (χ2v) is 12.9. The number of nitrogens with one attached hydrogen (secondary N) is 4. The van der Waals surface area contributed by atoms with E-state index in [-0.39, 0.29) is 45.3 Å². The van der Waals surface area contributed by atoms with Crippen LogP contribution in [0.4, 0.5) is 0 Å². The maximum Gasteiger partial charge on any atom is 0.253 e. The van der Waals surface area contributed by atoms with E-state index < -0.39 is 96.3 Å². The molecule has 0 saturated carbocycles. The van der Waals surface area contributed by atoms with Crippen LogP contribution >= 0.6 is 0 Å². The van der Waals surface area contributed by atoms with Crippen molar-refractivity contribution in [3.63, 3.8) is 0 Å². The van der Waals surface area contributed by atoms with Crippen LogP contribution in [0.5, 0.6) is 0 Å². The number of amides is 7. The third kappa shape index (κ3) is 11.1. The molecule has 282 valence electrons. The highest BCUT2D eigenvalue weighted by Crippen LogP contribution is 2.20. The first-order valence-electron chi connectivity index (χ1n) is 17.0. The first-order chi connectivity index (χ1) is 24.7. The Labute approximate surface area is 300 Å². The molecule has 7 amide bonds. The van der Waals surface area contributed by atoms with Crippen LogP contribution < -0.4 is 32.7 Å². The molecule has 52 heavy (non-hydrogen) atoms. The molecule has 2 aromatic rings. The van der Waals surface area contributed by atoms with Gasteiger partial charge < -0.3 is 42.9 Å². The minimum atomic E-state index is -1.81. The standard InChI is InChI=1S/C35H47N7O10/c1-19(2)29(35(52)42-28(47)10-5-9-26(45)30(42)34(51)38-13-6-14-43)41-33(50)25(18-44)40-32(49)24(17-27(37)46)39-31(48)23(36)16-20-11-12-21-7-3-4-8-22(21)15-20/h3-4,7-8,11-12,15,19,23-25,29-30,43-44H,5-6,9-10,13-14,16-18,36H2,1-2H3,(H2,37,46)(H,38,51)(H,39,48)(H,40,49)(H,41,50)/t23-,24-,25-,29-,30-/m0/s1. The quantitative estimate of drug-likeness (QED) is 0.0632. The molecule has 3 rings (SSSR count). The van der Waals surface area contributed by atoms with Gasteiger partial charge in [-0.2, -0.15) is 0 Å². The van der Waals surface area contributed by atoms with Crippen molar-refractivity contribution in [1.82, 2.24) is 26.2 Å². The van der Waals surface area contributed by atoms with E-state index in [0.29, 0.717) is 4.90 Å². The predicted octanol–water partition coefficient (Wildman–Crippen LogP) is -2.34. The number of Topliss-reactive ketones (excluding diaryl/α,β-unsaturated/α-hetero) is 1. The molecule has 0 radical (unpaired) electrons. The van der Waals surface area contributed by atoms with Gasteiger partial charge in [0.15, 0.2) is 11.8 Å². The molecule has 0 bridgehead atoms.